The minimum absolute atomic E-state index is 0.0177. The molecule has 0 atom stereocenters. The molecule has 0 saturated carbocycles. The van der Waals surface area contributed by atoms with Gasteiger partial charge in [-0.1, -0.05) is 96.9 Å². The third-order valence-electron chi connectivity index (χ3n) is 6.79. The molecule has 1 N–H and O–H groups in total. The van der Waals surface area contributed by atoms with Gasteiger partial charge in [0.25, 0.3) is 5.91 Å². The molecule has 0 aliphatic heterocycles. The Morgan fingerprint density at radius 2 is 1.39 bits per heavy atom. The molecule has 0 aliphatic carbocycles. The van der Waals surface area contributed by atoms with E-state index in [0.29, 0.717) is 5.69 Å². The number of benzene rings is 3. The highest BCUT2D eigenvalue weighted by molar-refractivity contribution is 7.87. The van der Waals surface area contributed by atoms with E-state index in [-0.39, 0.29) is 18.1 Å². The predicted molar refractivity (Wildman–Crippen MR) is 158 cm³/mol. The van der Waals surface area contributed by atoms with Crippen molar-refractivity contribution in [3.63, 3.8) is 0 Å². The number of aromatic nitrogens is 3. The smallest absolute Gasteiger partial charge is 0.308 e. The van der Waals surface area contributed by atoms with Crippen LogP contribution in [-0.2, 0) is 15.7 Å². The minimum atomic E-state index is -3.72. The fraction of sp³-hybridized carbons (Fsp3) is 0.125. The van der Waals surface area contributed by atoms with Crippen LogP contribution in [0.15, 0.2) is 122 Å². The SMILES string of the molecule is CN(C)S(=O)(=O)n1cnc(C#CCN(C(=O)c2ccc[nH]2)C(c2ccccc2)(c2ccccc2)c2ccccc2)c1. The number of H-pyrrole nitrogens is 1. The highest BCUT2D eigenvalue weighted by Gasteiger charge is 2.44. The number of hydrogen-bond donors (Lipinski definition) is 1. The maximum Gasteiger partial charge on any atom is 0.308 e. The molecule has 3 aromatic carbocycles. The Balaban J connectivity index is 1.70. The summed E-state index contributed by atoms with van der Waals surface area (Å²) in [6.07, 6.45) is 4.28. The zero-order valence-corrected chi connectivity index (χ0v) is 23.5. The molecule has 0 bridgehead atoms. The lowest BCUT2D eigenvalue weighted by atomic mass is 9.75. The van der Waals surface area contributed by atoms with Crippen LogP contribution in [0.3, 0.4) is 0 Å². The standard InChI is InChI=1S/C32H29N5O3S/c1-35(2)41(39,40)36-24-29(34-25-36)20-13-23-37(31(38)30-21-12-22-33-30)32(26-14-6-3-7-15-26,27-16-8-4-9-17-27)28-18-10-5-11-19-28/h3-12,14-19,21-22,24-25,33H,23H2,1-2H3. The molecular formula is C32H29N5O3S. The van der Waals surface area contributed by atoms with E-state index in [0.717, 1.165) is 25.0 Å². The number of imidazole rings is 1. The lowest BCUT2D eigenvalue weighted by molar-refractivity contribution is 0.0644. The molecule has 8 nitrogen and oxygen atoms in total. The molecule has 0 spiro atoms. The Morgan fingerprint density at radius 1 is 0.854 bits per heavy atom. The van der Waals surface area contributed by atoms with Crippen LogP contribution in [0.1, 0.15) is 32.9 Å². The predicted octanol–water partition coefficient (Wildman–Crippen LogP) is 4.35. The first-order chi connectivity index (χ1) is 19.8. The summed E-state index contributed by atoms with van der Waals surface area (Å²) in [4.78, 5) is 23.3. The van der Waals surface area contributed by atoms with Gasteiger partial charge in [-0.15, -0.1) is 0 Å². The second-order valence-corrected chi connectivity index (χ2v) is 11.5. The van der Waals surface area contributed by atoms with Crippen molar-refractivity contribution in [2.75, 3.05) is 20.6 Å². The minimum Gasteiger partial charge on any atom is -0.357 e. The molecule has 0 aliphatic rings. The van der Waals surface area contributed by atoms with Crippen LogP contribution in [0.25, 0.3) is 0 Å². The van der Waals surface area contributed by atoms with E-state index < -0.39 is 15.7 Å². The molecule has 0 unspecified atom stereocenters. The van der Waals surface area contributed by atoms with Crippen LogP contribution in [0.2, 0.25) is 0 Å². The number of hydrogen-bond acceptors (Lipinski definition) is 4. The molecular weight excluding hydrogens is 534 g/mol. The molecule has 5 rings (SSSR count). The van der Waals surface area contributed by atoms with Crippen LogP contribution in [-0.4, -0.2) is 58.1 Å². The fourth-order valence-corrected chi connectivity index (χ4v) is 5.63. The highest BCUT2D eigenvalue weighted by atomic mass is 32.2. The Hall–Kier alpha value is -4.91. The van der Waals surface area contributed by atoms with E-state index in [4.69, 9.17) is 0 Å². The summed E-state index contributed by atoms with van der Waals surface area (Å²) in [5, 5.41) is 0. The lowest BCUT2D eigenvalue weighted by Gasteiger charge is -2.44. The summed E-state index contributed by atoms with van der Waals surface area (Å²) in [5.41, 5.74) is 2.31. The number of rotatable bonds is 8. The number of nitrogens with one attached hydrogen (secondary N) is 1. The third-order valence-corrected chi connectivity index (χ3v) is 8.45. The van der Waals surface area contributed by atoms with Crippen molar-refractivity contribution >= 4 is 16.1 Å². The van der Waals surface area contributed by atoms with Gasteiger partial charge in [0.15, 0.2) is 0 Å². The first kappa shape index (κ1) is 27.6. The molecule has 206 valence electrons. The first-order valence-electron chi connectivity index (χ1n) is 12.9. The summed E-state index contributed by atoms with van der Waals surface area (Å²) in [5.74, 6) is 5.83. The van der Waals surface area contributed by atoms with E-state index in [2.05, 4.69) is 21.8 Å². The summed E-state index contributed by atoms with van der Waals surface area (Å²) in [6.45, 7) is 0.0177. The topological polar surface area (TPSA) is 91.3 Å². The summed E-state index contributed by atoms with van der Waals surface area (Å²) in [6, 6.07) is 33.1. The van der Waals surface area contributed by atoms with Crippen molar-refractivity contribution in [3.8, 4) is 11.8 Å². The molecule has 0 fully saturated rings. The number of carbonyl (C=O) groups is 1. The van der Waals surface area contributed by atoms with E-state index in [9.17, 15) is 13.2 Å². The molecule has 0 saturated heterocycles. The fourth-order valence-electron chi connectivity index (χ4n) is 4.85. The Kier molecular flexibility index (Phi) is 7.88. The van der Waals surface area contributed by atoms with E-state index in [1.54, 1.807) is 23.2 Å². The lowest BCUT2D eigenvalue weighted by Crippen LogP contribution is -2.51. The van der Waals surface area contributed by atoms with Gasteiger partial charge in [0.2, 0.25) is 0 Å². The van der Waals surface area contributed by atoms with Crippen LogP contribution in [0.5, 0.6) is 0 Å². The Labute approximate surface area is 240 Å². The normalized spacial score (nSPS) is 11.6. The summed E-state index contributed by atoms with van der Waals surface area (Å²) < 4.78 is 27.1. The monoisotopic (exact) mass is 563 g/mol. The van der Waals surface area contributed by atoms with Gasteiger partial charge < -0.3 is 9.88 Å². The average molecular weight is 564 g/mol. The third kappa shape index (κ3) is 5.31. The van der Waals surface area contributed by atoms with Gasteiger partial charge in [-0.25, -0.2) is 8.96 Å². The van der Waals surface area contributed by atoms with Crippen LogP contribution < -0.4 is 0 Å². The van der Waals surface area contributed by atoms with E-state index in [1.807, 2.05) is 91.0 Å². The zero-order chi connectivity index (χ0) is 28.9. The van der Waals surface area contributed by atoms with Crippen LogP contribution >= 0.6 is 0 Å². The largest absolute Gasteiger partial charge is 0.357 e. The Bertz CT molecular complexity index is 1670. The molecule has 41 heavy (non-hydrogen) atoms. The quantitative estimate of drug-likeness (QED) is 0.225. The molecule has 2 heterocycles. The maximum atomic E-state index is 14.3. The second-order valence-electron chi connectivity index (χ2n) is 9.46. The van der Waals surface area contributed by atoms with E-state index >= 15 is 0 Å². The molecule has 0 radical (unpaired) electrons. The average Bonchev–Trinajstić information content (AvgIpc) is 3.72. The Morgan fingerprint density at radius 3 is 1.85 bits per heavy atom. The van der Waals surface area contributed by atoms with Crippen molar-refractivity contribution in [1.29, 1.82) is 0 Å². The van der Waals surface area contributed by atoms with Crippen LogP contribution in [0, 0.1) is 11.8 Å². The van der Waals surface area contributed by atoms with Crippen molar-refractivity contribution < 1.29 is 13.2 Å². The number of nitrogens with zero attached hydrogens (tertiary/aromatic N) is 4. The highest BCUT2D eigenvalue weighted by Crippen LogP contribution is 2.43. The van der Waals surface area contributed by atoms with E-state index in [1.165, 1.54) is 26.6 Å². The maximum absolute atomic E-state index is 14.3. The van der Waals surface area contributed by atoms with Gasteiger partial charge in [-0.3, -0.25) is 4.79 Å². The van der Waals surface area contributed by atoms with Crippen LogP contribution in [0.4, 0.5) is 0 Å². The first-order valence-corrected chi connectivity index (χ1v) is 14.3. The van der Waals surface area contributed by atoms with Crippen molar-refractivity contribution in [2.45, 2.75) is 5.54 Å². The van der Waals surface area contributed by atoms with Gasteiger partial charge >= 0.3 is 10.2 Å². The molecule has 5 aromatic rings. The van der Waals surface area contributed by atoms with Gasteiger partial charge in [0.1, 0.15) is 23.3 Å². The number of amides is 1. The summed E-state index contributed by atoms with van der Waals surface area (Å²) in [7, 11) is -0.830. The van der Waals surface area contributed by atoms with Gasteiger partial charge in [-0.05, 0) is 34.7 Å². The second kappa shape index (κ2) is 11.7. The number of aromatic amines is 1. The van der Waals surface area contributed by atoms with Crippen molar-refractivity contribution in [3.05, 3.63) is 150 Å². The van der Waals surface area contributed by atoms with Gasteiger partial charge in [0.05, 0.1) is 12.7 Å². The molecule has 9 heteroatoms. The molecule has 2 aromatic heterocycles. The van der Waals surface area contributed by atoms with Crippen molar-refractivity contribution in [1.82, 2.24) is 23.1 Å². The van der Waals surface area contributed by atoms with Gasteiger partial charge in [0, 0.05) is 20.3 Å². The number of carbonyl (C=O) groups excluding carboxylic acids is 1. The zero-order valence-electron chi connectivity index (χ0n) is 22.7. The molecule has 1 amide bonds. The van der Waals surface area contributed by atoms with Crippen molar-refractivity contribution in [2.24, 2.45) is 0 Å². The summed E-state index contributed by atoms with van der Waals surface area (Å²) >= 11 is 0. The van der Waals surface area contributed by atoms with Gasteiger partial charge in [-0.2, -0.15) is 12.7 Å².